The second-order valence-corrected chi connectivity index (χ2v) is 9.37. The number of rotatable bonds is 15. The average Bonchev–Trinajstić information content (AvgIpc) is 2.92. The van der Waals surface area contributed by atoms with Crippen LogP contribution in [0.15, 0.2) is 54.6 Å². The van der Waals surface area contributed by atoms with E-state index in [1.807, 2.05) is 25.1 Å². The molecule has 38 heavy (non-hydrogen) atoms. The molecule has 202 valence electrons. The largest absolute Gasteiger partial charge is 0.478 e. The highest BCUT2D eigenvalue weighted by Gasteiger charge is 2.15. The Bertz CT molecular complexity index is 1320. The minimum absolute atomic E-state index is 0.0454. The summed E-state index contributed by atoms with van der Waals surface area (Å²) < 4.78 is 0. The van der Waals surface area contributed by atoms with Gasteiger partial charge in [0.1, 0.15) is 0 Å². The van der Waals surface area contributed by atoms with E-state index in [9.17, 15) is 19.5 Å². The van der Waals surface area contributed by atoms with Gasteiger partial charge < -0.3 is 26.4 Å². The molecule has 0 bridgehead atoms. The number of carbonyl (C=O) groups excluding carboxylic acids is 2. The van der Waals surface area contributed by atoms with Crippen LogP contribution < -0.4 is 21.3 Å². The van der Waals surface area contributed by atoms with E-state index in [-0.39, 0.29) is 17.4 Å². The highest BCUT2D eigenvalue weighted by Crippen LogP contribution is 2.34. The Labute approximate surface area is 223 Å². The number of carboxylic acids is 1. The fourth-order valence-electron chi connectivity index (χ4n) is 4.43. The molecule has 5 N–H and O–H groups in total. The van der Waals surface area contributed by atoms with Crippen LogP contribution in [0.3, 0.4) is 0 Å². The Balaban J connectivity index is 1.81. The zero-order valence-electron chi connectivity index (χ0n) is 22.3. The molecule has 0 saturated heterocycles. The topological polar surface area (TPSA) is 120 Å². The lowest BCUT2D eigenvalue weighted by Gasteiger charge is -2.18. The molecule has 0 aromatic heterocycles. The molecule has 0 saturated carbocycles. The normalized spacial score (nSPS) is 11.0. The van der Waals surface area contributed by atoms with Crippen molar-refractivity contribution in [1.29, 1.82) is 0 Å². The highest BCUT2D eigenvalue weighted by molar-refractivity contribution is 6.07. The van der Waals surface area contributed by atoms with E-state index in [1.54, 1.807) is 19.1 Å². The van der Waals surface area contributed by atoms with Crippen molar-refractivity contribution in [3.63, 3.8) is 0 Å². The Kier molecular flexibility index (Phi) is 10.8. The van der Waals surface area contributed by atoms with Crippen LogP contribution in [-0.2, 0) is 22.7 Å². The van der Waals surface area contributed by atoms with Gasteiger partial charge in [-0.1, -0.05) is 43.8 Å². The van der Waals surface area contributed by atoms with E-state index >= 15 is 0 Å². The summed E-state index contributed by atoms with van der Waals surface area (Å²) in [5.41, 5.74) is 2.92. The van der Waals surface area contributed by atoms with Gasteiger partial charge in [-0.2, -0.15) is 0 Å². The van der Waals surface area contributed by atoms with Crippen molar-refractivity contribution in [2.24, 2.45) is 0 Å². The Hall–Kier alpha value is -3.75. The first-order valence-corrected chi connectivity index (χ1v) is 13.1. The molecule has 0 radical (unpaired) electrons. The fraction of sp³-hybridized carbons (Fsp3) is 0.367. The number of hydrogen-bond acceptors (Lipinski definition) is 5. The number of benzene rings is 3. The Morgan fingerprint density at radius 3 is 1.89 bits per heavy atom. The van der Waals surface area contributed by atoms with Crippen molar-refractivity contribution in [3.8, 4) is 0 Å². The van der Waals surface area contributed by atoms with Gasteiger partial charge in [-0.25, -0.2) is 4.79 Å². The number of carboxylic acid groups (broad SMARTS) is 1. The number of fused-ring (bicyclic) bond motifs is 2. The molecule has 3 rings (SSSR count). The Morgan fingerprint density at radius 1 is 0.789 bits per heavy atom. The summed E-state index contributed by atoms with van der Waals surface area (Å²) in [6.45, 7) is 11.0. The lowest BCUT2D eigenvalue weighted by Crippen LogP contribution is -2.27. The lowest BCUT2D eigenvalue weighted by molar-refractivity contribution is -0.120. The number of hydrogen-bond donors (Lipinski definition) is 5. The lowest BCUT2D eigenvalue weighted by atomic mass is 9.90. The Morgan fingerprint density at radius 2 is 1.34 bits per heavy atom. The summed E-state index contributed by atoms with van der Waals surface area (Å²) in [6, 6.07) is 13.5. The third-order valence-corrected chi connectivity index (χ3v) is 6.47. The molecule has 0 aliphatic rings. The van der Waals surface area contributed by atoms with Crippen molar-refractivity contribution < 1.29 is 19.5 Å². The summed E-state index contributed by atoms with van der Waals surface area (Å²) in [5, 5.41) is 26.5. The smallest absolute Gasteiger partial charge is 0.335 e. The highest BCUT2D eigenvalue weighted by atomic mass is 16.4. The molecule has 0 aliphatic heterocycles. The van der Waals surface area contributed by atoms with Gasteiger partial charge in [-0.15, -0.1) is 0 Å². The third-order valence-electron chi connectivity index (χ3n) is 6.47. The van der Waals surface area contributed by atoms with Gasteiger partial charge in [0.15, 0.2) is 0 Å². The second-order valence-electron chi connectivity index (χ2n) is 9.37. The maximum absolute atomic E-state index is 11.8. The summed E-state index contributed by atoms with van der Waals surface area (Å²) in [4.78, 5) is 34.9. The van der Waals surface area contributed by atoms with Gasteiger partial charge in [-0.3, -0.25) is 9.59 Å². The van der Waals surface area contributed by atoms with Crippen LogP contribution in [0.25, 0.3) is 21.5 Å². The van der Waals surface area contributed by atoms with Crippen LogP contribution in [-0.4, -0.2) is 49.1 Å². The molecule has 0 atom stereocenters. The monoisotopic (exact) mass is 518 g/mol. The molecular formula is C30H38N4O4. The van der Waals surface area contributed by atoms with Crippen molar-refractivity contribution in [1.82, 2.24) is 21.3 Å². The fourth-order valence-corrected chi connectivity index (χ4v) is 4.43. The summed E-state index contributed by atoms with van der Waals surface area (Å²) in [7, 11) is 0. The van der Waals surface area contributed by atoms with Gasteiger partial charge in [0.05, 0.1) is 5.56 Å². The number of aromatic carboxylic acids is 1. The predicted molar refractivity (Wildman–Crippen MR) is 152 cm³/mol. The molecule has 8 heteroatoms. The summed E-state index contributed by atoms with van der Waals surface area (Å²) >= 11 is 0. The standard InChI is InChI=1S/C30H38N4O4/c1-4-28(35)33-15-7-13-32-19-27-23-10-6-5-9-22(23)26(18-31-14-8-16-34-29(36)20(2)3)24-12-11-21(30(37)38)17-25(24)27/h5-6,9-12,17,31-32H,2,4,7-8,13-16,18-19H2,1,3H3,(H,33,35)(H,34,36)(H,37,38). The van der Waals surface area contributed by atoms with Crippen LogP contribution in [0.4, 0.5) is 0 Å². The first kappa shape index (κ1) is 28.8. The molecular weight excluding hydrogens is 480 g/mol. The van der Waals surface area contributed by atoms with E-state index in [4.69, 9.17) is 0 Å². The SMILES string of the molecule is C=C(C)C(=O)NCCCNCc1c2ccccc2c(CNCCCNC(=O)CC)c2cc(C(=O)O)ccc12. The van der Waals surface area contributed by atoms with E-state index in [0.29, 0.717) is 38.2 Å². The number of amides is 2. The van der Waals surface area contributed by atoms with Crippen molar-refractivity contribution in [2.45, 2.75) is 46.2 Å². The third kappa shape index (κ3) is 7.63. The van der Waals surface area contributed by atoms with Gasteiger partial charge >= 0.3 is 5.97 Å². The maximum Gasteiger partial charge on any atom is 0.335 e. The van der Waals surface area contributed by atoms with Crippen LogP contribution in [0, 0.1) is 0 Å². The first-order chi connectivity index (χ1) is 18.3. The zero-order chi connectivity index (χ0) is 27.5. The van der Waals surface area contributed by atoms with Crippen LogP contribution in [0.5, 0.6) is 0 Å². The van der Waals surface area contributed by atoms with E-state index in [2.05, 4.69) is 40.0 Å². The summed E-state index contributed by atoms with van der Waals surface area (Å²) in [6.07, 6.45) is 2.06. The van der Waals surface area contributed by atoms with Crippen molar-refractivity contribution in [3.05, 3.63) is 71.3 Å². The molecule has 2 amide bonds. The molecule has 0 aliphatic carbocycles. The van der Waals surface area contributed by atoms with Gasteiger partial charge in [0, 0.05) is 38.2 Å². The van der Waals surface area contributed by atoms with Gasteiger partial charge in [-0.05, 0) is 77.7 Å². The average molecular weight is 519 g/mol. The minimum atomic E-state index is -0.956. The van der Waals surface area contributed by atoms with E-state index < -0.39 is 5.97 Å². The van der Waals surface area contributed by atoms with Crippen molar-refractivity contribution >= 4 is 39.3 Å². The quantitative estimate of drug-likeness (QED) is 0.118. The van der Waals surface area contributed by atoms with Crippen LogP contribution >= 0.6 is 0 Å². The van der Waals surface area contributed by atoms with Gasteiger partial charge in [0.2, 0.25) is 11.8 Å². The minimum Gasteiger partial charge on any atom is -0.478 e. The second kappa shape index (κ2) is 14.3. The van der Waals surface area contributed by atoms with E-state index in [1.165, 1.54) is 0 Å². The zero-order valence-corrected chi connectivity index (χ0v) is 22.3. The molecule has 3 aromatic rings. The molecule has 0 unspecified atom stereocenters. The first-order valence-electron chi connectivity index (χ1n) is 13.1. The molecule has 0 spiro atoms. The van der Waals surface area contributed by atoms with E-state index in [0.717, 1.165) is 58.6 Å². The molecule has 0 fully saturated rings. The molecule has 8 nitrogen and oxygen atoms in total. The number of nitrogens with one attached hydrogen (secondary N) is 4. The molecule has 3 aromatic carbocycles. The van der Waals surface area contributed by atoms with Crippen LogP contribution in [0.2, 0.25) is 0 Å². The van der Waals surface area contributed by atoms with Crippen LogP contribution in [0.1, 0.15) is 54.6 Å². The summed E-state index contributed by atoms with van der Waals surface area (Å²) in [5.74, 6) is -1.04. The van der Waals surface area contributed by atoms with Gasteiger partial charge in [0.25, 0.3) is 0 Å². The maximum atomic E-state index is 11.8. The predicted octanol–water partition coefficient (Wildman–Crippen LogP) is 3.87. The molecule has 0 heterocycles. The number of carbonyl (C=O) groups is 3. The van der Waals surface area contributed by atoms with Crippen molar-refractivity contribution in [2.75, 3.05) is 26.2 Å².